The van der Waals surface area contributed by atoms with Crippen molar-refractivity contribution in [3.05, 3.63) is 23.3 Å². The fourth-order valence-electron chi connectivity index (χ4n) is 1.21. The van der Waals surface area contributed by atoms with Crippen molar-refractivity contribution in [2.75, 3.05) is 20.0 Å². The molecule has 0 aromatic heterocycles. The lowest BCUT2D eigenvalue weighted by molar-refractivity contribution is 0.0600. The summed E-state index contributed by atoms with van der Waals surface area (Å²) in [4.78, 5) is 11.3. The van der Waals surface area contributed by atoms with Crippen molar-refractivity contribution in [1.29, 1.82) is 0 Å². The van der Waals surface area contributed by atoms with Crippen LogP contribution in [0.4, 0.5) is 5.69 Å². The molecule has 0 bridgehead atoms. The van der Waals surface area contributed by atoms with Crippen LogP contribution in [0.15, 0.2) is 12.1 Å². The Hall–Kier alpha value is -1.71. The van der Waals surface area contributed by atoms with Crippen molar-refractivity contribution in [3.8, 4) is 5.75 Å². The van der Waals surface area contributed by atoms with Gasteiger partial charge in [0.2, 0.25) is 0 Å². The second-order valence-corrected chi connectivity index (χ2v) is 2.85. The molecule has 76 valence electrons. The molecule has 0 aliphatic carbocycles. The number of hydrogen-bond donors (Lipinski definition) is 1. The van der Waals surface area contributed by atoms with E-state index in [0.29, 0.717) is 22.6 Å². The van der Waals surface area contributed by atoms with Crippen molar-refractivity contribution >= 4 is 11.7 Å². The van der Waals surface area contributed by atoms with Gasteiger partial charge in [0.05, 0.1) is 25.5 Å². The second-order valence-electron chi connectivity index (χ2n) is 2.85. The largest absolute Gasteiger partial charge is 0.495 e. The Labute approximate surface area is 82.6 Å². The number of anilines is 1. The molecule has 4 nitrogen and oxygen atoms in total. The standard InChI is InChI=1S/C10H13NO3/c1-6-7(10(12)14-3)4-5-8(13-2)9(6)11/h4-5H,11H2,1-3H3. The summed E-state index contributed by atoms with van der Waals surface area (Å²) in [5, 5.41) is 0. The van der Waals surface area contributed by atoms with Crippen molar-refractivity contribution in [2.45, 2.75) is 6.92 Å². The van der Waals surface area contributed by atoms with Gasteiger partial charge in [0.15, 0.2) is 0 Å². The summed E-state index contributed by atoms with van der Waals surface area (Å²) in [5.74, 6) is 0.173. The van der Waals surface area contributed by atoms with E-state index < -0.39 is 5.97 Å². The van der Waals surface area contributed by atoms with Gasteiger partial charge >= 0.3 is 5.97 Å². The first-order chi connectivity index (χ1) is 6.61. The zero-order valence-corrected chi connectivity index (χ0v) is 8.46. The Morgan fingerprint density at radius 3 is 2.50 bits per heavy atom. The highest BCUT2D eigenvalue weighted by Gasteiger charge is 2.13. The highest BCUT2D eigenvalue weighted by molar-refractivity contribution is 5.93. The molecule has 14 heavy (non-hydrogen) atoms. The third-order valence-corrected chi connectivity index (χ3v) is 2.10. The molecule has 0 spiro atoms. The topological polar surface area (TPSA) is 61.5 Å². The van der Waals surface area contributed by atoms with Gasteiger partial charge in [0.25, 0.3) is 0 Å². The molecule has 0 radical (unpaired) electrons. The minimum atomic E-state index is -0.392. The molecule has 0 heterocycles. The van der Waals surface area contributed by atoms with E-state index in [0.717, 1.165) is 0 Å². The van der Waals surface area contributed by atoms with E-state index in [9.17, 15) is 4.79 Å². The van der Waals surface area contributed by atoms with Gasteiger partial charge in [-0.2, -0.15) is 0 Å². The maximum atomic E-state index is 11.3. The van der Waals surface area contributed by atoms with E-state index in [1.807, 2.05) is 0 Å². The normalized spacial score (nSPS) is 9.64. The van der Waals surface area contributed by atoms with Crippen LogP contribution in [0.2, 0.25) is 0 Å². The number of methoxy groups -OCH3 is 2. The average Bonchev–Trinajstić information content (AvgIpc) is 2.21. The van der Waals surface area contributed by atoms with Crippen molar-refractivity contribution in [2.24, 2.45) is 0 Å². The van der Waals surface area contributed by atoms with Crippen LogP contribution < -0.4 is 10.5 Å². The maximum absolute atomic E-state index is 11.3. The predicted octanol–water partition coefficient (Wildman–Crippen LogP) is 1.37. The van der Waals surface area contributed by atoms with E-state index in [1.165, 1.54) is 14.2 Å². The Bertz CT molecular complexity index is 361. The number of benzene rings is 1. The van der Waals surface area contributed by atoms with Crippen LogP contribution in [0.1, 0.15) is 15.9 Å². The Morgan fingerprint density at radius 1 is 1.36 bits per heavy atom. The number of carbonyl (C=O) groups excluding carboxylic acids is 1. The fourth-order valence-corrected chi connectivity index (χ4v) is 1.21. The van der Waals surface area contributed by atoms with Gasteiger partial charge < -0.3 is 15.2 Å². The van der Waals surface area contributed by atoms with Gasteiger partial charge in [0, 0.05) is 0 Å². The molecule has 4 heteroatoms. The maximum Gasteiger partial charge on any atom is 0.338 e. The number of nitrogen functional groups attached to an aromatic ring is 1. The summed E-state index contributed by atoms with van der Waals surface area (Å²) < 4.78 is 9.63. The van der Waals surface area contributed by atoms with Gasteiger partial charge in [-0.15, -0.1) is 0 Å². The molecule has 1 aromatic carbocycles. The van der Waals surface area contributed by atoms with Gasteiger partial charge in [-0.1, -0.05) is 0 Å². The van der Waals surface area contributed by atoms with E-state index >= 15 is 0 Å². The summed E-state index contributed by atoms with van der Waals surface area (Å²) in [5.41, 5.74) is 7.36. The Morgan fingerprint density at radius 2 is 2.00 bits per heavy atom. The van der Waals surface area contributed by atoms with Crippen LogP contribution in [0.5, 0.6) is 5.75 Å². The second kappa shape index (κ2) is 4.00. The Balaban J connectivity index is 3.24. The quantitative estimate of drug-likeness (QED) is 0.572. The van der Waals surface area contributed by atoms with Crippen molar-refractivity contribution in [1.82, 2.24) is 0 Å². The smallest absolute Gasteiger partial charge is 0.338 e. The van der Waals surface area contributed by atoms with Crippen LogP contribution in [-0.2, 0) is 4.74 Å². The molecule has 1 aromatic rings. The molecule has 0 saturated heterocycles. The summed E-state index contributed by atoms with van der Waals surface area (Å²) in [6.07, 6.45) is 0. The van der Waals surface area contributed by atoms with Crippen LogP contribution in [-0.4, -0.2) is 20.2 Å². The highest BCUT2D eigenvalue weighted by atomic mass is 16.5. The third-order valence-electron chi connectivity index (χ3n) is 2.10. The summed E-state index contributed by atoms with van der Waals surface area (Å²) >= 11 is 0. The minimum Gasteiger partial charge on any atom is -0.495 e. The number of ether oxygens (including phenoxy) is 2. The molecule has 0 saturated carbocycles. The van der Waals surface area contributed by atoms with Crippen molar-refractivity contribution < 1.29 is 14.3 Å². The van der Waals surface area contributed by atoms with Crippen LogP contribution in [0, 0.1) is 6.92 Å². The first kappa shape index (κ1) is 10.4. The summed E-state index contributed by atoms with van der Waals surface area (Å²) in [6.45, 7) is 1.75. The average molecular weight is 195 g/mol. The van der Waals surface area contributed by atoms with E-state index in [-0.39, 0.29) is 0 Å². The number of nitrogens with two attached hydrogens (primary N) is 1. The molecule has 0 unspecified atom stereocenters. The van der Waals surface area contributed by atoms with E-state index in [1.54, 1.807) is 19.1 Å². The first-order valence-corrected chi connectivity index (χ1v) is 4.13. The lowest BCUT2D eigenvalue weighted by atomic mass is 10.1. The summed E-state index contributed by atoms with van der Waals surface area (Å²) in [6, 6.07) is 3.28. The number of carbonyl (C=O) groups is 1. The van der Waals surface area contributed by atoms with E-state index in [4.69, 9.17) is 10.5 Å². The van der Waals surface area contributed by atoms with Crippen LogP contribution in [0.3, 0.4) is 0 Å². The first-order valence-electron chi connectivity index (χ1n) is 4.13. The molecular weight excluding hydrogens is 182 g/mol. The number of hydrogen-bond acceptors (Lipinski definition) is 4. The molecule has 0 aliphatic rings. The van der Waals surface area contributed by atoms with E-state index in [2.05, 4.69) is 4.74 Å². The molecule has 1 rings (SSSR count). The molecule has 0 atom stereocenters. The number of rotatable bonds is 2. The van der Waals surface area contributed by atoms with Crippen molar-refractivity contribution in [3.63, 3.8) is 0 Å². The molecule has 0 amide bonds. The van der Waals surface area contributed by atoms with Gasteiger partial charge in [-0.05, 0) is 24.6 Å². The van der Waals surface area contributed by atoms with Gasteiger partial charge in [-0.25, -0.2) is 4.79 Å². The van der Waals surface area contributed by atoms with Crippen LogP contribution in [0.25, 0.3) is 0 Å². The third kappa shape index (κ3) is 1.64. The Kier molecular flexibility index (Phi) is 2.96. The monoisotopic (exact) mass is 195 g/mol. The SMILES string of the molecule is COC(=O)c1ccc(OC)c(N)c1C. The summed E-state index contributed by atoms with van der Waals surface area (Å²) in [7, 11) is 2.87. The fraction of sp³-hybridized carbons (Fsp3) is 0.300. The lowest BCUT2D eigenvalue weighted by Crippen LogP contribution is -2.06. The van der Waals surface area contributed by atoms with Gasteiger partial charge in [-0.3, -0.25) is 0 Å². The minimum absolute atomic E-state index is 0.392. The zero-order valence-electron chi connectivity index (χ0n) is 8.46. The number of esters is 1. The molecule has 2 N–H and O–H groups in total. The molecule has 0 fully saturated rings. The lowest BCUT2D eigenvalue weighted by Gasteiger charge is -2.10. The van der Waals surface area contributed by atoms with Crippen LogP contribution >= 0.6 is 0 Å². The predicted molar refractivity (Wildman–Crippen MR) is 53.5 cm³/mol. The molecular formula is C10H13NO3. The zero-order chi connectivity index (χ0) is 10.7. The van der Waals surface area contributed by atoms with Gasteiger partial charge in [0.1, 0.15) is 5.75 Å². The highest BCUT2D eigenvalue weighted by Crippen LogP contribution is 2.27. The molecule has 0 aliphatic heterocycles.